The Morgan fingerprint density at radius 1 is 1.19 bits per heavy atom. The minimum atomic E-state index is -1.18. The standard InChI is InChI=1S/C26H34ClN3O7/c1-25(2,3)20(29-24(35)37-26(4,5)6)22(32)30-12-16(10-19(30)23(33)34)36-21-18-9-15(27)7-8-17(18)14(13-31)11-28-21/h7-9,11,16,19-20,31H,10,12-13H2,1-6H3,(H,29,35)(H,33,34)/t16-,19+,20-/m1/s1. The summed E-state index contributed by atoms with van der Waals surface area (Å²) in [7, 11) is 0. The van der Waals surface area contributed by atoms with Crippen molar-refractivity contribution in [3.8, 4) is 5.88 Å². The largest absolute Gasteiger partial charge is 0.480 e. The van der Waals surface area contributed by atoms with Gasteiger partial charge in [-0.05, 0) is 43.7 Å². The predicted octanol–water partition coefficient (Wildman–Crippen LogP) is 3.75. The number of aromatic nitrogens is 1. The van der Waals surface area contributed by atoms with Crippen molar-refractivity contribution in [1.29, 1.82) is 0 Å². The van der Waals surface area contributed by atoms with Crippen LogP contribution in [0.2, 0.25) is 5.02 Å². The molecule has 1 aliphatic heterocycles. The van der Waals surface area contributed by atoms with Crippen LogP contribution in [0.15, 0.2) is 24.4 Å². The number of aliphatic hydroxyl groups is 1. The molecule has 2 aromatic rings. The molecule has 37 heavy (non-hydrogen) atoms. The average molecular weight is 536 g/mol. The van der Waals surface area contributed by atoms with Gasteiger partial charge in [-0.25, -0.2) is 14.6 Å². The number of aliphatic carboxylic acids is 1. The van der Waals surface area contributed by atoms with Crippen LogP contribution in [0.25, 0.3) is 10.8 Å². The first-order chi connectivity index (χ1) is 17.1. The number of likely N-dealkylation sites (tertiary alicyclic amines) is 1. The topological polar surface area (TPSA) is 138 Å². The van der Waals surface area contributed by atoms with Gasteiger partial charge in [-0.1, -0.05) is 38.4 Å². The first kappa shape index (κ1) is 28.5. The second kappa shape index (κ2) is 10.7. The summed E-state index contributed by atoms with van der Waals surface area (Å²) in [6, 6.07) is 2.90. The zero-order valence-electron chi connectivity index (χ0n) is 21.9. The second-order valence-electron chi connectivity index (χ2n) is 11.2. The number of pyridine rings is 1. The summed E-state index contributed by atoms with van der Waals surface area (Å²) in [4.78, 5) is 43.7. The predicted molar refractivity (Wildman–Crippen MR) is 137 cm³/mol. The number of amides is 2. The molecule has 3 atom stereocenters. The smallest absolute Gasteiger partial charge is 0.408 e. The lowest BCUT2D eigenvalue weighted by molar-refractivity contribution is -0.150. The monoisotopic (exact) mass is 535 g/mol. The number of carboxylic acid groups (broad SMARTS) is 1. The number of hydrogen-bond acceptors (Lipinski definition) is 7. The number of hydrogen-bond donors (Lipinski definition) is 3. The highest BCUT2D eigenvalue weighted by atomic mass is 35.5. The Morgan fingerprint density at radius 2 is 1.86 bits per heavy atom. The molecule has 0 aliphatic carbocycles. The van der Waals surface area contributed by atoms with Gasteiger partial charge in [0.1, 0.15) is 23.8 Å². The Hall–Kier alpha value is -3.11. The second-order valence-corrected chi connectivity index (χ2v) is 11.6. The molecule has 1 aromatic heterocycles. The maximum Gasteiger partial charge on any atom is 0.408 e. The van der Waals surface area contributed by atoms with Crippen LogP contribution in [0.1, 0.15) is 53.5 Å². The Morgan fingerprint density at radius 3 is 2.43 bits per heavy atom. The van der Waals surface area contributed by atoms with Gasteiger partial charge in [0.2, 0.25) is 11.8 Å². The summed E-state index contributed by atoms with van der Waals surface area (Å²) in [5, 5.41) is 23.9. The van der Waals surface area contributed by atoms with E-state index < -0.39 is 47.2 Å². The van der Waals surface area contributed by atoms with Crippen LogP contribution < -0.4 is 10.1 Å². The maximum absolute atomic E-state index is 13.6. The fraction of sp³-hybridized carbons (Fsp3) is 0.538. The SMILES string of the molecule is CC(C)(C)OC(=O)N[C@H](C(=O)N1C[C@H](Oc2ncc(CO)c3ccc(Cl)cc23)C[C@H]1C(=O)O)C(C)(C)C. The number of fused-ring (bicyclic) bond motifs is 1. The van der Waals surface area contributed by atoms with Gasteiger partial charge in [0.25, 0.3) is 0 Å². The highest BCUT2D eigenvalue weighted by Gasteiger charge is 2.46. The molecule has 3 rings (SSSR count). The van der Waals surface area contributed by atoms with Crippen molar-refractivity contribution in [3.05, 3.63) is 35.0 Å². The van der Waals surface area contributed by atoms with Crippen molar-refractivity contribution in [1.82, 2.24) is 15.2 Å². The Balaban J connectivity index is 1.87. The van der Waals surface area contributed by atoms with Crippen LogP contribution >= 0.6 is 11.6 Å². The molecule has 10 nitrogen and oxygen atoms in total. The molecular weight excluding hydrogens is 502 g/mol. The van der Waals surface area contributed by atoms with E-state index in [1.165, 1.54) is 11.1 Å². The van der Waals surface area contributed by atoms with Crippen LogP contribution in [0.5, 0.6) is 5.88 Å². The molecule has 2 heterocycles. The van der Waals surface area contributed by atoms with Crippen LogP contribution in [0.4, 0.5) is 4.79 Å². The highest BCUT2D eigenvalue weighted by molar-refractivity contribution is 6.31. The van der Waals surface area contributed by atoms with Crippen molar-refractivity contribution in [2.45, 2.75) is 78.4 Å². The quantitative estimate of drug-likeness (QED) is 0.508. The van der Waals surface area contributed by atoms with Crippen LogP contribution in [-0.4, -0.2) is 68.4 Å². The number of nitrogens with one attached hydrogen (secondary N) is 1. The number of halogens is 1. The van der Waals surface area contributed by atoms with Gasteiger partial charge < -0.3 is 29.9 Å². The number of aliphatic hydroxyl groups excluding tert-OH is 1. The van der Waals surface area contributed by atoms with E-state index in [9.17, 15) is 24.6 Å². The molecule has 0 saturated carbocycles. The summed E-state index contributed by atoms with van der Waals surface area (Å²) in [5.41, 5.74) is -0.910. The zero-order valence-corrected chi connectivity index (χ0v) is 22.6. The summed E-state index contributed by atoms with van der Waals surface area (Å²) in [6.07, 6.45) is 0.0620. The number of alkyl carbamates (subject to hydrolysis) is 1. The number of benzene rings is 1. The van der Waals surface area contributed by atoms with E-state index in [0.29, 0.717) is 21.4 Å². The fourth-order valence-electron chi connectivity index (χ4n) is 4.23. The molecule has 1 saturated heterocycles. The third-order valence-corrected chi connectivity index (χ3v) is 6.18. The number of ether oxygens (including phenoxy) is 2. The number of nitrogens with zero attached hydrogens (tertiary/aromatic N) is 2. The normalized spacial score (nSPS) is 19.0. The Kier molecular flexibility index (Phi) is 8.24. The molecule has 202 valence electrons. The lowest BCUT2D eigenvalue weighted by Crippen LogP contribution is -2.57. The molecule has 1 aliphatic rings. The lowest BCUT2D eigenvalue weighted by atomic mass is 9.85. The van der Waals surface area contributed by atoms with E-state index >= 15 is 0 Å². The van der Waals surface area contributed by atoms with E-state index in [4.69, 9.17) is 21.1 Å². The molecule has 0 spiro atoms. The van der Waals surface area contributed by atoms with Gasteiger partial charge in [-0.15, -0.1) is 0 Å². The third-order valence-electron chi connectivity index (χ3n) is 5.95. The zero-order chi connectivity index (χ0) is 27.7. The minimum Gasteiger partial charge on any atom is -0.480 e. The van der Waals surface area contributed by atoms with Crippen LogP contribution in [0.3, 0.4) is 0 Å². The Labute approximate surface area is 220 Å². The summed E-state index contributed by atoms with van der Waals surface area (Å²) < 4.78 is 11.4. The van der Waals surface area contributed by atoms with Crippen molar-refractivity contribution >= 4 is 40.3 Å². The molecule has 1 aromatic carbocycles. The van der Waals surface area contributed by atoms with Gasteiger partial charge in [-0.2, -0.15) is 0 Å². The molecule has 11 heteroatoms. The molecule has 1 fully saturated rings. The number of carbonyl (C=O) groups excluding carboxylic acids is 2. The maximum atomic E-state index is 13.6. The third kappa shape index (κ3) is 6.81. The molecular formula is C26H34ClN3O7. The van der Waals surface area contributed by atoms with E-state index in [1.54, 1.807) is 59.7 Å². The molecule has 0 bridgehead atoms. The summed E-state index contributed by atoms with van der Waals surface area (Å²) in [6.45, 7) is 10.2. The van der Waals surface area contributed by atoms with E-state index in [1.807, 2.05) is 0 Å². The van der Waals surface area contributed by atoms with Gasteiger partial charge >= 0.3 is 12.1 Å². The van der Waals surface area contributed by atoms with Crippen molar-refractivity contribution in [2.75, 3.05) is 6.54 Å². The van der Waals surface area contributed by atoms with Gasteiger partial charge in [0, 0.05) is 28.6 Å². The first-order valence-electron chi connectivity index (χ1n) is 12.0. The van der Waals surface area contributed by atoms with Crippen molar-refractivity contribution < 1.29 is 34.1 Å². The van der Waals surface area contributed by atoms with Crippen LogP contribution in [0, 0.1) is 5.41 Å². The van der Waals surface area contributed by atoms with Gasteiger partial charge in [-0.3, -0.25) is 4.79 Å². The lowest BCUT2D eigenvalue weighted by Gasteiger charge is -2.35. The molecule has 2 amide bonds. The number of carboxylic acids is 1. The molecule has 0 radical (unpaired) electrons. The first-order valence-corrected chi connectivity index (χ1v) is 12.4. The minimum absolute atomic E-state index is 0.0237. The van der Waals surface area contributed by atoms with Gasteiger partial charge in [0.15, 0.2) is 0 Å². The van der Waals surface area contributed by atoms with E-state index in [0.717, 1.165) is 0 Å². The highest BCUT2D eigenvalue weighted by Crippen LogP contribution is 2.33. The molecule has 3 N–H and O–H groups in total. The summed E-state index contributed by atoms with van der Waals surface area (Å²) in [5.74, 6) is -1.51. The fourth-order valence-corrected chi connectivity index (χ4v) is 4.40. The van der Waals surface area contributed by atoms with Gasteiger partial charge in [0.05, 0.1) is 13.2 Å². The molecule has 0 unspecified atom stereocenters. The number of rotatable bonds is 6. The average Bonchev–Trinajstić information content (AvgIpc) is 3.19. The Bertz CT molecular complexity index is 1190. The van der Waals surface area contributed by atoms with Crippen LogP contribution in [-0.2, 0) is 20.9 Å². The number of carbonyl (C=O) groups is 3. The van der Waals surface area contributed by atoms with E-state index in [-0.39, 0.29) is 25.5 Å². The van der Waals surface area contributed by atoms with Crippen molar-refractivity contribution in [2.24, 2.45) is 5.41 Å². The van der Waals surface area contributed by atoms with E-state index in [2.05, 4.69) is 10.3 Å². The summed E-state index contributed by atoms with van der Waals surface area (Å²) >= 11 is 6.17. The van der Waals surface area contributed by atoms with Crippen molar-refractivity contribution in [3.63, 3.8) is 0 Å².